The number of alkyl halides is 9. The van der Waals surface area contributed by atoms with Gasteiger partial charge in [0.05, 0.1) is 41.6 Å². The fourth-order valence-corrected chi connectivity index (χ4v) is 5.60. The zero-order chi connectivity index (χ0) is 32.9. The van der Waals surface area contributed by atoms with E-state index >= 15 is 0 Å². The third-order valence-electron chi connectivity index (χ3n) is 7.69. The summed E-state index contributed by atoms with van der Waals surface area (Å²) < 4.78 is 134. The van der Waals surface area contributed by atoms with Gasteiger partial charge in [0.15, 0.2) is 0 Å². The molecule has 0 aromatic heterocycles. The number of anilines is 1. The molecule has 2 aliphatic rings. The number of carbonyl (C=O) groups excluding carboxylic acids is 2. The molecule has 6 nitrogen and oxygen atoms in total. The van der Waals surface area contributed by atoms with E-state index in [0.29, 0.717) is 38.0 Å². The first-order valence-electron chi connectivity index (χ1n) is 13.6. The van der Waals surface area contributed by atoms with Gasteiger partial charge in [0.25, 0.3) is 0 Å². The summed E-state index contributed by atoms with van der Waals surface area (Å²) >= 11 is 0. The molecule has 2 aromatic rings. The van der Waals surface area contributed by atoms with Crippen molar-refractivity contribution in [3.05, 3.63) is 63.7 Å². The zero-order valence-electron chi connectivity index (χ0n) is 24.0. The van der Waals surface area contributed by atoms with Crippen LogP contribution in [0.3, 0.4) is 0 Å². The second-order valence-electron chi connectivity index (χ2n) is 11.1. The van der Waals surface area contributed by atoms with Crippen LogP contribution in [0.4, 0.5) is 54.8 Å². The van der Waals surface area contributed by atoms with Crippen LogP contribution < -0.4 is 4.90 Å². The van der Waals surface area contributed by atoms with Gasteiger partial charge in [0, 0.05) is 12.6 Å². The minimum absolute atomic E-state index is 0.0263. The Morgan fingerprint density at radius 2 is 1.50 bits per heavy atom. The molecule has 1 aliphatic carbocycles. The van der Waals surface area contributed by atoms with E-state index in [0.717, 1.165) is 24.1 Å². The van der Waals surface area contributed by atoms with E-state index in [1.165, 1.54) is 4.90 Å². The SMILES string of the molecule is COC(=O)N(Cc1cc(C(F)(F)F)c(C)c(C(F)(F)F)c1)[C@@H]1C[C@H](C2CC2)N(C(=O)OC(C)C)c2ccc(C(F)(F)F)cc21. The molecule has 2 amide bonds. The van der Waals surface area contributed by atoms with Gasteiger partial charge in [-0.3, -0.25) is 9.80 Å². The first-order chi connectivity index (χ1) is 20.2. The second kappa shape index (κ2) is 11.7. The van der Waals surface area contributed by atoms with Gasteiger partial charge in [-0.25, -0.2) is 9.59 Å². The Morgan fingerprint density at radius 3 is 1.95 bits per heavy atom. The third-order valence-corrected chi connectivity index (χ3v) is 7.69. The molecule has 4 rings (SSSR count). The van der Waals surface area contributed by atoms with Crippen LogP contribution in [0.25, 0.3) is 0 Å². The molecule has 0 bridgehead atoms. The molecular weight excluding hydrogens is 611 g/mol. The van der Waals surface area contributed by atoms with Crippen LogP contribution in [0.5, 0.6) is 0 Å². The smallest absolute Gasteiger partial charge is 0.416 e. The molecule has 0 radical (unpaired) electrons. The number of hydrogen-bond donors (Lipinski definition) is 0. The Balaban J connectivity index is 1.91. The van der Waals surface area contributed by atoms with Gasteiger partial charge in [-0.1, -0.05) is 0 Å². The molecule has 44 heavy (non-hydrogen) atoms. The van der Waals surface area contributed by atoms with E-state index in [2.05, 4.69) is 0 Å². The van der Waals surface area contributed by atoms with Crippen molar-refractivity contribution in [2.24, 2.45) is 5.92 Å². The molecule has 0 saturated heterocycles. The average Bonchev–Trinajstić information content (AvgIpc) is 3.74. The van der Waals surface area contributed by atoms with Crippen LogP contribution in [0.2, 0.25) is 0 Å². The second-order valence-corrected chi connectivity index (χ2v) is 11.1. The number of amides is 2. The molecule has 15 heteroatoms. The number of methoxy groups -OCH3 is 1. The summed E-state index contributed by atoms with van der Waals surface area (Å²) in [5.41, 5.74) is -6.14. The largest absolute Gasteiger partial charge is 0.453 e. The molecule has 1 aliphatic heterocycles. The van der Waals surface area contributed by atoms with Gasteiger partial charge in [0.2, 0.25) is 0 Å². The normalized spacial score (nSPS) is 19.1. The van der Waals surface area contributed by atoms with Gasteiger partial charge >= 0.3 is 30.7 Å². The molecule has 1 heterocycles. The quantitative estimate of drug-likeness (QED) is 0.307. The fourth-order valence-electron chi connectivity index (χ4n) is 5.60. The third kappa shape index (κ3) is 6.85. The van der Waals surface area contributed by atoms with E-state index in [4.69, 9.17) is 9.47 Å². The molecule has 0 unspecified atom stereocenters. The van der Waals surface area contributed by atoms with Crippen molar-refractivity contribution >= 4 is 17.9 Å². The zero-order valence-corrected chi connectivity index (χ0v) is 24.0. The Bertz CT molecular complexity index is 1380. The number of hydrogen-bond acceptors (Lipinski definition) is 4. The van der Waals surface area contributed by atoms with E-state index in [9.17, 15) is 49.1 Å². The molecular formula is C29H29F9N2O4. The highest BCUT2D eigenvalue weighted by atomic mass is 19.4. The Morgan fingerprint density at radius 1 is 0.932 bits per heavy atom. The highest BCUT2D eigenvalue weighted by Gasteiger charge is 2.48. The maximum Gasteiger partial charge on any atom is 0.416 e. The van der Waals surface area contributed by atoms with Crippen LogP contribution in [0.15, 0.2) is 30.3 Å². The van der Waals surface area contributed by atoms with Crippen molar-refractivity contribution < 1.29 is 58.6 Å². The predicted molar refractivity (Wildman–Crippen MR) is 139 cm³/mol. The van der Waals surface area contributed by atoms with Crippen molar-refractivity contribution in [1.29, 1.82) is 0 Å². The van der Waals surface area contributed by atoms with Gasteiger partial charge in [-0.2, -0.15) is 39.5 Å². The Kier molecular flexibility index (Phi) is 8.84. The van der Waals surface area contributed by atoms with Gasteiger partial charge < -0.3 is 9.47 Å². The summed E-state index contributed by atoms with van der Waals surface area (Å²) in [5.74, 6) is -0.139. The summed E-state index contributed by atoms with van der Waals surface area (Å²) in [5, 5.41) is 0. The van der Waals surface area contributed by atoms with Crippen molar-refractivity contribution in [2.45, 2.75) is 83.3 Å². The maximum absolute atomic E-state index is 13.8. The summed E-state index contributed by atoms with van der Waals surface area (Å²) in [7, 11) is 0.924. The molecule has 2 atom stereocenters. The van der Waals surface area contributed by atoms with Crippen molar-refractivity contribution in [2.75, 3.05) is 12.0 Å². The summed E-state index contributed by atoms with van der Waals surface area (Å²) in [6, 6.07) is 1.44. The first-order valence-corrected chi connectivity index (χ1v) is 13.6. The number of halogens is 9. The van der Waals surface area contributed by atoms with Crippen molar-refractivity contribution in [3.8, 4) is 0 Å². The average molecular weight is 641 g/mol. The standard InChI is InChI=1S/C29H29F9N2O4/c1-14(2)44-26(42)40-22-8-7-18(27(30,31)32)11-19(22)24(12-23(40)17-5-6-17)39(25(41)43-4)13-16-9-20(28(33,34)35)15(3)21(10-16)29(36,37)38/h7-11,14,17,23-24H,5-6,12-13H2,1-4H3/t23-,24-/m1/s1. The van der Waals surface area contributed by atoms with Crippen LogP contribution in [-0.4, -0.2) is 36.3 Å². The van der Waals surface area contributed by atoms with Crippen molar-refractivity contribution in [3.63, 3.8) is 0 Å². The van der Waals surface area contributed by atoms with E-state index in [1.807, 2.05) is 0 Å². The Labute approximate surface area is 246 Å². The number of benzene rings is 2. The van der Waals surface area contributed by atoms with Gasteiger partial charge in [-0.05, 0) is 93.0 Å². The number of rotatable bonds is 5. The fraction of sp³-hybridized carbons (Fsp3) is 0.517. The lowest BCUT2D eigenvalue weighted by Gasteiger charge is -2.44. The maximum atomic E-state index is 13.8. The van der Waals surface area contributed by atoms with E-state index in [1.54, 1.807) is 13.8 Å². The monoisotopic (exact) mass is 640 g/mol. The molecule has 0 spiro atoms. The number of fused-ring (bicyclic) bond motifs is 1. The minimum atomic E-state index is -5.18. The first kappa shape index (κ1) is 33.2. The van der Waals surface area contributed by atoms with Crippen LogP contribution >= 0.6 is 0 Å². The number of ether oxygens (including phenoxy) is 2. The molecule has 1 fully saturated rings. The Hall–Kier alpha value is -3.65. The lowest BCUT2D eigenvalue weighted by molar-refractivity contribution is -0.144. The topological polar surface area (TPSA) is 59.1 Å². The van der Waals surface area contributed by atoms with Crippen LogP contribution in [0.1, 0.15) is 72.5 Å². The molecule has 242 valence electrons. The van der Waals surface area contributed by atoms with E-state index < -0.39 is 83.3 Å². The molecule has 0 N–H and O–H groups in total. The summed E-state index contributed by atoms with van der Waals surface area (Å²) in [6.45, 7) is 2.97. The minimum Gasteiger partial charge on any atom is -0.453 e. The summed E-state index contributed by atoms with van der Waals surface area (Å²) in [4.78, 5) is 28.3. The number of carbonyl (C=O) groups is 2. The highest BCUT2D eigenvalue weighted by molar-refractivity contribution is 5.91. The summed E-state index contributed by atoms with van der Waals surface area (Å²) in [6.07, 6.45) is -16.7. The van der Waals surface area contributed by atoms with Crippen molar-refractivity contribution in [1.82, 2.24) is 4.90 Å². The molecule has 2 aromatic carbocycles. The lowest BCUT2D eigenvalue weighted by atomic mass is 9.86. The van der Waals surface area contributed by atoms with Gasteiger partial charge in [0.1, 0.15) is 0 Å². The number of nitrogens with zero attached hydrogens (tertiary/aromatic N) is 2. The van der Waals surface area contributed by atoms with Crippen LogP contribution in [-0.2, 0) is 34.5 Å². The van der Waals surface area contributed by atoms with E-state index in [-0.39, 0.29) is 23.6 Å². The highest BCUT2D eigenvalue weighted by Crippen LogP contribution is 2.50. The predicted octanol–water partition coefficient (Wildman–Crippen LogP) is 8.89. The van der Waals surface area contributed by atoms with Gasteiger partial charge in [-0.15, -0.1) is 0 Å². The van der Waals surface area contributed by atoms with Crippen LogP contribution in [0, 0.1) is 12.8 Å². The lowest BCUT2D eigenvalue weighted by Crippen LogP contribution is -2.50. The molecule has 1 saturated carbocycles.